The van der Waals surface area contributed by atoms with Crippen LogP contribution in [-0.2, 0) is 9.53 Å². The van der Waals surface area contributed by atoms with Gasteiger partial charge in [-0.3, -0.25) is 4.79 Å². The zero-order valence-corrected chi connectivity index (χ0v) is 15.9. The first kappa shape index (κ1) is 19.9. The van der Waals surface area contributed by atoms with Gasteiger partial charge in [0.05, 0.1) is 10.6 Å². The number of benzene rings is 2. The molecule has 2 rings (SSSR count). The van der Waals surface area contributed by atoms with Crippen LogP contribution in [0, 0.1) is 12.7 Å². The molecule has 26 heavy (non-hydrogen) atoms. The number of hydrogen-bond acceptors (Lipinski definition) is 3. The van der Waals surface area contributed by atoms with E-state index in [1.807, 2.05) is 39.0 Å². The van der Waals surface area contributed by atoms with Crippen LogP contribution in [0.2, 0.25) is 5.02 Å². The molecule has 0 unspecified atom stereocenters. The molecule has 0 aliphatic rings. The maximum absolute atomic E-state index is 13.1. The average Bonchev–Trinajstić information content (AvgIpc) is 2.56. The third-order valence-corrected chi connectivity index (χ3v) is 4.29. The molecule has 2 aromatic rings. The van der Waals surface area contributed by atoms with Crippen molar-refractivity contribution >= 4 is 29.2 Å². The standard InChI is InChI=1S/C20H21ClFNO3/c1-11(2)15-7-5-6-12(3)18(15)23-19(24)13(4)26-20(25)16-9-8-14(22)10-17(16)21/h5-11,13H,1-4H3,(H,23,24)/t13-/m0/s1. The molecule has 0 saturated heterocycles. The molecule has 0 spiro atoms. The summed E-state index contributed by atoms with van der Waals surface area (Å²) in [7, 11) is 0. The Morgan fingerprint density at radius 1 is 1.15 bits per heavy atom. The van der Waals surface area contributed by atoms with E-state index in [1.54, 1.807) is 0 Å². The molecular weight excluding hydrogens is 357 g/mol. The normalized spacial score (nSPS) is 12.0. The Balaban J connectivity index is 2.12. The highest BCUT2D eigenvalue weighted by molar-refractivity contribution is 6.33. The lowest BCUT2D eigenvalue weighted by Gasteiger charge is -2.19. The molecule has 0 aliphatic carbocycles. The molecule has 138 valence electrons. The zero-order chi connectivity index (χ0) is 19.4. The fourth-order valence-electron chi connectivity index (χ4n) is 2.50. The van der Waals surface area contributed by atoms with Gasteiger partial charge in [0.15, 0.2) is 6.10 Å². The Bertz CT molecular complexity index is 836. The van der Waals surface area contributed by atoms with Gasteiger partial charge < -0.3 is 10.1 Å². The summed E-state index contributed by atoms with van der Waals surface area (Å²) in [5.41, 5.74) is 2.64. The number of hydrogen-bond donors (Lipinski definition) is 1. The number of carbonyl (C=O) groups excluding carboxylic acids is 2. The van der Waals surface area contributed by atoms with Crippen molar-refractivity contribution in [3.8, 4) is 0 Å². The summed E-state index contributed by atoms with van der Waals surface area (Å²) in [4.78, 5) is 24.6. The molecule has 2 aromatic carbocycles. The Labute approximate surface area is 157 Å². The minimum Gasteiger partial charge on any atom is -0.449 e. The van der Waals surface area contributed by atoms with Crippen LogP contribution in [0.1, 0.15) is 48.2 Å². The van der Waals surface area contributed by atoms with Crippen LogP contribution < -0.4 is 5.32 Å². The lowest BCUT2D eigenvalue weighted by atomic mass is 9.98. The molecule has 1 atom stereocenters. The van der Waals surface area contributed by atoms with Crippen LogP contribution in [0.4, 0.5) is 10.1 Å². The van der Waals surface area contributed by atoms with E-state index in [2.05, 4.69) is 5.32 Å². The van der Waals surface area contributed by atoms with Gasteiger partial charge in [-0.1, -0.05) is 43.6 Å². The Morgan fingerprint density at radius 2 is 1.85 bits per heavy atom. The molecular formula is C20H21ClFNO3. The molecule has 1 amide bonds. The third-order valence-electron chi connectivity index (χ3n) is 3.98. The van der Waals surface area contributed by atoms with Crippen molar-refractivity contribution in [3.05, 3.63) is 63.9 Å². The molecule has 0 saturated carbocycles. The van der Waals surface area contributed by atoms with Crippen LogP contribution in [-0.4, -0.2) is 18.0 Å². The van der Waals surface area contributed by atoms with Crippen LogP contribution in [0.15, 0.2) is 36.4 Å². The molecule has 6 heteroatoms. The van der Waals surface area contributed by atoms with Crippen molar-refractivity contribution < 1.29 is 18.7 Å². The van der Waals surface area contributed by atoms with Crippen molar-refractivity contribution in [1.29, 1.82) is 0 Å². The predicted octanol–water partition coefficient (Wildman–Crippen LogP) is 5.09. The van der Waals surface area contributed by atoms with Crippen molar-refractivity contribution in [2.45, 2.75) is 39.7 Å². The van der Waals surface area contributed by atoms with Crippen LogP contribution in [0.25, 0.3) is 0 Å². The molecule has 0 heterocycles. The van der Waals surface area contributed by atoms with E-state index in [-0.39, 0.29) is 16.5 Å². The van der Waals surface area contributed by atoms with E-state index < -0.39 is 23.8 Å². The number of carbonyl (C=O) groups is 2. The lowest BCUT2D eigenvalue weighted by molar-refractivity contribution is -0.123. The van der Waals surface area contributed by atoms with Gasteiger partial charge in [0, 0.05) is 5.69 Å². The molecule has 0 radical (unpaired) electrons. The van der Waals surface area contributed by atoms with Crippen LogP contribution in [0.3, 0.4) is 0 Å². The number of para-hydroxylation sites is 1. The maximum atomic E-state index is 13.1. The first-order valence-corrected chi connectivity index (χ1v) is 8.65. The third kappa shape index (κ3) is 4.61. The fourth-order valence-corrected chi connectivity index (χ4v) is 2.74. The lowest BCUT2D eigenvalue weighted by Crippen LogP contribution is -2.30. The highest BCUT2D eigenvalue weighted by Gasteiger charge is 2.22. The average molecular weight is 378 g/mol. The largest absolute Gasteiger partial charge is 0.449 e. The van der Waals surface area contributed by atoms with Crippen molar-refractivity contribution in [3.63, 3.8) is 0 Å². The second kappa shape index (κ2) is 8.32. The van der Waals surface area contributed by atoms with Gasteiger partial charge in [0.2, 0.25) is 0 Å². The van der Waals surface area contributed by atoms with Gasteiger partial charge in [-0.05, 0) is 49.1 Å². The first-order valence-electron chi connectivity index (χ1n) is 8.27. The smallest absolute Gasteiger partial charge is 0.340 e. The molecule has 0 aromatic heterocycles. The summed E-state index contributed by atoms with van der Waals surface area (Å²) < 4.78 is 18.3. The summed E-state index contributed by atoms with van der Waals surface area (Å²) in [5.74, 6) is -1.57. The SMILES string of the molecule is Cc1cccc(C(C)C)c1NC(=O)[C@H](C)OC(=O)c1ccc(F)cc1Cl. The maximum Gasteiger partial charge on any atom is 0.340 e. The van der Waals surface area contributed by atoms with E-state index in [0.29, 0.717) is 0 Å². The number of amides is 1. The zero-order valence-electron chi connectivity index (χ0n) is 15.1. The van der Waals surface area contributed by atoms with Gasteiger partial charge >= 0.3 is 5.97 Å². The number of aryl methyl sites for hydroxylation is 1. The van der Waals surface area contributed by atoms with Gasteiger partial charge in [0.25, 0.3) is 5.91 Å². The molecule has 4 nitrogen and oxygen atoms in total. The Kier molecular flexibility index (Phi) is 6.37. The van der Waals surface area contributed by atoms with Crippen molar-refractivity contribution in [2.24, 2.45) is 0 Å². The number of anilines is 1. The van der Waals surface area contributed by atoms with Gasteiger partial charge in [-0.15, -0.1) is 0 Å². The quantitative estimate of drug-likeness (QED) is 0.738. The second-order valence-corrected chi connectivity index (χ2v) is 6.76. The molecule has 0 bridgehead atoms. The Morgan fingerprint density at radius 3 is 2.46 bits per heavy atom. The number of ether oxygens (including phenoxy) is 1. The summed E-state index contributed by atoms with van der Waals surface area (Å²) in [6, 6.07) is 9.13. The number of nitrogens with one attached hydrogen (secondary N) is 1. The molecule has 0 aliphatic heterocycles. The minimum atomic E-state index is -1.04. The van der Waals surface area contributed by atoms with E-state index >= 15 is 0 Å². The molecule has 1 N–H and O–H groups in total. The number of esters is 1. The highest BCUT2D eigenvalue weighted by Crippen LogP contribution is 2.27. The number of halogens is 2. The first-order chi connectivity index (χ1) is 12.2. The highest BCUT2D eigenvalue weighted by atomic mass is 35.5. The number of rotatable bonds is 5. The summed E-state index contributed by atoms with van der Waals surface area (Å²) in [6.45, 7) is 7.43. The van der Waals surface area contributed by atoms with Crippen molar-refractivity contribution in [2.75, 3.05) is 5.32 Å². The Hall–Kier alpha value is -2.40. The molecule has 0 fully saturated rings. The topological polar surface area (TPSA) is 55.4 Å². The minimum absolute atomic E-state index is 0.00600. The summed E-state index contributed by atoms with van der Waals surface area (Å²) in [6.07, 6.45) is -1.04. The van der Waals surface area contributed by atoms with Gasteiger partial charge in [0.1, 0.15) is 5.82 Å². The van der Waals surface area contributed by atoms with Crippen LogP contribution in [0.5, 0.6) is 0 Å². The van der Waals surface area contributed by atoms with Crippen LogP contribution >= 0.6 is 11.6 Å². The second-order valence-electron chi connectivity index (χ2n) is 6.35. The monoisotopic (exact) mass is 377 g/mol. The summed E-state index contributed by atoms with van der Waals surface area (Å²) >= 11 is 5.85. The van der Waals surface area contributed by atoms with Crippen molar-refractivity contribution in [1.82, 2.24) is 0 Å². The summed E-state index contributed by atoms with van der Waals surface area (Å²) in [5, 5.41) is 2.77. The van der Waals surface area contributed by atoms with E-state index in [0.717, 1.165) is 28.9 Å². The van der Waals surface area contributed by atoms with Gasteiger partial charge in [-0.25, -0.2) is 9.18 Å². The fraction of sp³-hybridized carbons (Fsp3) is 0.300. The van der Waals surface area contributed by atoms with E-state index in [1.165, 1.54) is 13.0 Å². The van der Waals surface area contributed by atoms with E-state index in [9.17, 15) is 14.0 Å². The predicted molar refractivity (Wildman–Crippen MR) is 100 cm³/mol. The van der Waals surface area contributed by atoms with Gasteiger partial charge in [-0.2, -0.15) is 0 Å². The van der Waals surface area contributed by atoms with E-state index in [4.69, 9.17) is 16.3 Å².